The van der Waals surface area contributed by atoms with Gasteiger partial charge in [-0.25, -0.2) is 4.79 Å². The van der Waals surface area contributed by atoms with E-state index in [1.54, 1.807) is 0 Å². The van der Waals surface area contributed by atoms with Gasteiger partial charge in [0.15, 0.2) is 0 Å². The van der Waals surface area contributed by atoms with Gasteiger partial charge in [-0.2, -0.15) is 0 Å². The van der Waals surface area contributed by atoms with Crippen LogP contribution in [0.2, 0.25) is 0 Å². The highest BCUT2D eigenvalue weighted by molar-refractivity contribution is 7.10. The van der Waals surface area contributed by atoms with E-state index in [0.29, 0.717) is 5.00 Å². The van der Waals surface area contributed by atoms with Gasteiger partial charge in [-0.1, -0.05) is 4.49 Å². The molecule has 0 saturated heterocycles. The summed E-state index contributed by atoms with van der Waals surface area (Å²) in [5.74, 6) is 1.54. The normalized spacial score (nSPS) is 39.5. The lowest BCUT2D eigenvalue weighted by atomic mass is 9.53. The summed E-state index contributed by atoms with van der Waals surface area (Å²) in [5, 5.41) is 17.0. The molecule has 0 unspecified atom stereocenters. The zero-order chi connectivity index (χ0) is 13.0. The molecule has 4 aliphatic rings. The molecule has 4 aliphatic carbocycles. The van der Waals surface area contributed by atoms with Crippen molar-refractivity contribution in [1.82, 2.24) is 9.59 Å². The van der Waals surface area contributed by atoms with E-state index in [1.165, 1.54) is 50.1 Å². The molecule has 0 aliphatic heterocycles. The van der Waals surface area contributed by atoms with E-state index in [1.807, 2.05) is 0 Å². The molecule has 6 heteroatoms. The average Bonchev–Trinajstić information content (AvgIpc) is 2.74. The Hall–Kier alpha value is -1.17. The fourth-order valence-corrected chi connectivity index (χ4v) is 5.60. The minimum absolute atomic E-state index is 0.0840. The monoisotopic (exact) mass is 279 g/mol. The van der Waals surface area contributed by atoms with Gasteiger partial charge in [0.05, 0.1) is 0 Å². The van der Waals surface area contributed by atoms with Gasteiger partial charge in [-0.3, -0.25) is 0 Å². The predicted molar refractivity (Wildman–Crippen MR) is 71.4 cm³/mol. The van der Waals surface area contributed by atoms with Gasteiger partial charge in [0.25, 0.3) is 0 Å². The molecule has 0 aromatic carbocycles. The van der Waals surface area contributed by atoms with E-state index in [-0.39, 0.29) is 11.2 Å². The van der Waals surface area contributed by atoms with E-state index in [9.17, 15) is 4.79 Å². The van der Waals surface area contributed by atoms with Crippen LogP contribution in [0, 0.1) is 17.8 Å². The van der Waals surface area contributed by atoms with Gasteiger partial charge in [0.1, 0.15) is 5.00 Å². The molecule has 4 saturated carbocycles. The van der Waals surface area contributed by atoms with Crippen LogP contribution in [0.15, 0.2) is 0 Å². The topological polar surface area (TPSA) is 75.1 Å². The first-order valence-corrected chi connectivity index (χ1v) is 7.75. The van der Waals surface area contributed by atoms with Crippen LogP contribution in [0.4, 0.5) is 5.00 Å². The first-order chi connectivity index (χ1) is 9.13. The molecular formula is C13H17N3O2S. The number of aromatic nitrogens is 2. The number of rotatable bonds is 3. The minimum atomic E-state index is -0.985. The molecule has 1 heterocycles. The lowest BCUT2D eigenvalue weighted by Crippen LogP contribution is -2.54. The Kier molecular flexibility index (Phi) is 2.40. The SMILES string of the molecule is O=C(O)c1nnsc1NC12CC3CC(CC(C3)C1)C2. The van der Waals surface area contributed by atoms with Crippen LogP contribution in [-0.4, -0.2) is 26.2 Å². The summed E-state index contributed by atoms with van der Waals surface area (Å²) in [6.45, 7) is 0. The summed E-state index contributed by atoms with van der Waals surface area (Å²) >= 11 is 1.17. The van der Waals surface area contributed by atoms with Crippen molar-refractivity contribution in [3.05, 3.63) is 5.69 Å². The Labute approximate surface area is 115 Å². The number of hydrogen-bond acceptors (Lipinski definition) is 5. The zero-order valence-electron chi connectivity index (χ0n) is 10.6. The Bertz CT molecular complexity index is 492. The molecule has 4 fully saturated rings. The molecule has 2 N–H and O–H groups in total. The van der Waals surface area contributed by atoms with Gasteiger partial charge in [0.2, 0.25) is 5.69 Å². The van der Waals surface area contributed by atoms with E-state index in [0.717, 1.165) is 17.8 Å². The van der Waals surface area contributed by atoms with Crippen molar-refractivity contribution in [2.45, 2.75) is 44.1 Å². The molecule has 0 spiro atoms. The van der Waals surface area contributed by atoms with Crippen molar-refractivity contribution >= 4 is 22.5 Å². The summed E-state index contributed by atoms with van der Waals surface area (Å²) in [5.41, 5.74) is 0.202. The van der Waals surface area contributed by atoms with Crippen LogP contribution in [0.1, 0.15) is 49.0 Å². The highest BCUT2D eigenvalue weighted by Gasteiger charge is 2.51. The van der Waals surface area contributed by atoms with Crippen molar-refractivity contribution in [3.8, 4) is 0 Å². The molecule has 19 heavy (non-hydrogen) atoms. The van der Waals surface area contributed by atoms with E-state index < -0.39 is 5.97 Å². The molecule has 4 bridgehead atoms. The van der Waals surface area contributed by atoms with Crippen molar-refractivity contribution in [2.24, 2.45) is 17.8 Å². The number of nitrogens with one attached hydrogen (secondary N) is 1. The first kappa shape index (κ1) is 11.6. The van der Waals surface area contributed by atoms with Crippen LogP contribution < -0.4 is 5.32 Å². The number of anilines is 1. The van der Waals surface area contributed by atoms with Crippen LogP contribution in [0.3, 0.4) is 0 Å². The largest absolute Gasteiger partial charge is 0.476 e. The zero-order valence-corrected chi connectivity index (χ0v) is 11.4. The summed E-state index contributed by atoms with van der Waals surface area (Å²) in [6.07, 6.45) is 7.72. The van der Waals surface area contributed by atoms with E-state index >= 15 is 0 Å². The molecule has 0 radical (unpaired) electrons. The van der Waals surface area contributed by atoms with Crippen molar-refractivity contribution in [3.63, 3.8) is 0 Å². The number of carboxylic acids is 1. The smallest absolute Gasteiger partial charge is 0.359 e. The van der Waals surface area contributed by atoms with Gasteiger partial charge in [-0.05, 0) is 56.3 Å². The summed E-state index contributed by atoms with van der Waals surface area (Å²) in [6, 6.07) is 0. The Morgan fingerprint density at radius 1 is 1.21 bits per heavy atom. The van der Waals surface area contributed by atoms with Gasteiger partial charge < -0.3 is 10.4 Å². The van der Waals surface area contributed by atoms with Crippen molar-refractivity contribution in [2.75, 3.05) is 5.32 Å². The van der Waals surface area contributed by atoms with Crippen LogP contribution in [-0.2, 0) is 0 Å². The molecule has 0 amide bonds. The third-order valence-corrected chi connectivity index (χ3v) is 5.75. The fraction of sp³-hybridized carbons (Fsp3) is 0.769. The second kappa shape index (κ2) is 3.91. The van der Waals surface area contributed by atoms with Gasteiger partial charge >= 0.3 is 5.97 Å². The number of hydrogen-bond donors (Lipinski definition) is 2. The van der Waals surface area contributed by atoms with Crippen LogP contribution in [0.5, 0.6) is 0 Å². The summed E-state index contributed by atoms with van der Waals surface area (Å²) in [4.78, 5) is 11.1. The maximum Gasteiger partial charge on any atom is 0.359 e. The molecule has 5 nitrogen and oxygen atoms in total. The third kappa shape index (κ3) is 1.84. The molecule has 1 aromatic rings. The van der Waals surface area contributed by atoms with Crippen LogP contribution in [0.25, 0.3) is 0 Å². The highest BCUT2D eigenvalue weighted by atomic mass is 32.1. The van der Waals surface area contributed by atoms with Crippen molar-refractivity contribution in [1.29, 1.82) is 0 Å². The van der Waals surface area contributed by atoms with Gasteiger partial charge in [-0.15, -0.1) is 5.10 Å². The Morgan fingerprint density at radius 3 is 2.32 bits per heavy atom. The maximum absolute atomic E-state index is 11.1. The van der Waals surface area contributed by atoms with Gasteiger partial charge in [0, 0.05) is 17.1 Å². The summed E-state index contributed by atoms with van der Waals surface area (Å²) < 4.78 is 3.79. The van der Waals surface area contributed by atoms with Crippen LogP contribution >= 0.6 is 11.5 Å². The quantitative estimate of drug-likeness (QED) is 0.889. The lowest BCUT2D eigenvalue weighted by molar-refractivity contribution is 0.0108. The predicted octanol–water partition coefficient (Wildman–Crippen LogP) is 2.62. The summed E-state index contributed by atoms with van der Waals surface area (Å²) in [7, 11) is 0. The Morgan fingerprint density at radius 2 is 1.79 bits per heavy atom. The molecule has 0 atom stereocenters. The third-order valence-electron chi connectivity index (χ3n) is 5.11. The number of carboxylic acid groups (broad SMARTS) is 1. The maximum atomic E-state index is 11.1. The second-order valence-electron chi connectivity index (χ2n) is 6.58. The fourth-order valence-electron chi connectivity index (χ4n) is 4.92. The second-order valence-corrected chi connectivity index (χ2v) is 7.33. The number of carbonyl (C=O) groups is 1. The Balaban J connectivity index is 1.62. The molecule has 102 valence electrons. The average molecular weight is 279 g/mol. The van der Waals surface area contributed by atoms with Crippen molar-refractivity contribution < 1.29 is 9.90 Å². The number of nitrogens with zero attached hydrogens (tertiary/aromatic N) is 2. The lowest BCUT2D eigenvalue weighted by Gasteiger charge is -2.57. The standard InChI is InChI=1S/C13H17N3O2S/c17-12(18)10-11(19-16-15-10)14-13-4-7-1-8(5-13)3-9(2-7)6-13/h7-9,14H,1-6H2,(H,17,18). The van der Waals surface area contributed by atoms with E-state index in [4.69, 9.17) is 5.11 Å². The molecule has 5 rings (SSSR count). The highest BCUT2D eigenvalue weighted by Crippen LogP contribution is 2.56. The van der Waals surface area contributed by atoms with E-state index in [2.05, 4.69) is 14.9 Å². The minimum Gasteiger partial charge on any atom is -0.476 e. The molecule has 1 aromatic heterocycles. The number of aromatic carboxylic acids is 1. The first-order valence-electron chi connectivity index (χ1n) is 6.97. The molecular weight excluding hydrogens is 262 g/mol.